The molecule has 1 amide bonds. The highest BCUT2D eigenvalue weighted by Gasteiger charge is 2.23. The number of aliphatic hydroxyl groups is 1. The van der Waals surface area contributed by atoms with E-state index in [2.05, 4.69) is 67.8 Å². The molecule has 0 bridgehead atoms. The van der Waals surface area contributed by atoms with Crippen LogP contribution in [0, 0.1) is 0 Å². The zero-order valence-electron chi connectivity index (χ0n) is 34.0. The molecule has 3 unspecified atom stereocenters. The third-order valence-electron chi connectivity index (χ3n) is 8.73. The lowest BCUT2D eigenvalue weighted by Gasteiger charge is -2.29. The number of phosphoric acid groups is 1. The van der Waals surface area contributed by atoms with Gasteiger partial charge in [-0.25, -0.2) is 0 Å². The summed E-state index contributed by atoms with van der Waals surface area (Å²) in [5, 5.41) is 13.5. The van der Waals surface area contributed by atoms with Crippen molar-refractivity contribution in [2.45, 2.75) is 167 Å². The Bertz CT molecular complexity index is 1030. The van der Waals surface area contributed by atoms with Gasteiger partial charge in [0.25, 0.3) is 7.82 Å². The number of nitrogens with one attached hydrogen (secondary N) is 1. The van der Waals surface area contributed by atoms with Crippen molar-refractivity contribution in [2.75, 3.05) is 40.9 Å². The molecule has 0 rings (SSSR count). The minimum Gasteiger partial charge on any atom is -0.756 e. The number of likely N-dealkylation sites (N-methyl/N-ethyl adjacent to an activating group) is 1. The van der Waals surface area contributed by atoms with Gasteiger partial charge in [0.1, 0.15) is 13.2 Å². The zero-order chi connectivity index (χ0) is 38.6. The van der Waals surface area contributed by atoms with Crippen LogP contribution in [0.1, 0.15) is 155 Å². The Hall–Kier alpha value is -1.80. The minimum atomic E-state index is -4.57. The maximum Gasteiger partial charge on any atom is 0.268 e. The number of nitrogens with zero attached hydrogens (tertiary/aromatic N) is 1. The number of hydrogen-bond acceptors (Lipinski definition) is 6. The average molecular weight is 751 g/mol. The summed E-state index contributed by atoms with van der Waals surface area (Å²) in [6.45, 7) is 4.39. The molecule has 0 radical (unpaired) electrons. The Morgan fingerprint density at radius 3 is 1.71 bits per heavy atom. The number of aliphatic hydroxyl groups excluding tert-OH is 1. The fraction of sp³-hybridized carbons (Fsp3) is 0.744. The van der Waals surface area contributed by atoms with E-state index in [1.54, 1.807) is 6.08 Å². The molecule has 52 heavy (non-hydrogen) atoms. The molecule has 0 spiro atoms. The molecule has 0 aliphatic heterocycles. The first-order valence-corrected chi connectivity index (χ1v) is 22.1. The molecule has 0 aliphatic rings. The maximum atomic E-state index is 12.7. The Labute approximate surface area is 320 Å². The van der Waals surface area contributed by atoms with Crippen LogP contribution in [0.5, 0.6) is 0 Å². The third kappa shape index (κ3) is 36.6. The molecular formula is C43H79N2O6P. The summed E-state index contributed by atoms with van der Waals surface area (Å²) >= 11 is 0. The SMILES string of the molecule is CC/C=C\C/C=C\C/C=C\C/C=C\CCCCCCCCCCCCCCC(=O)NC(COP(=O)([O-])OCC[N+](C)(C)C)C(O)/C=C/CCCCC. The van der Waals surface area contributed by atoms with Gasteiger partial charge in [-0.3, -0.25) is 9.36 Å². The van der Waals surface area contributed by atoms with Gasteiger partial charge in [-0.2, -0.15) is 0 Å². The first-order valence-electron chi connectivity index (χ1n) is 20.7. The zero-order valence-corrected chi connectivity index (χ0v) is 34.9. The summed E-state index contributed by atoms with van der Waals surface area (Å²) in [7, 11) is 1.24. The first-order chi connectivity index (χ1) is 25.0. The number of hydrogen-bond donors (Lipinski definition) is 2. The van der Waals surface area contributed by atoms with E-state index in [1.807, 2.05) is 27.2 Å². The van der Waals surface area contributed by atoms with E-state index in [9.17, 15) is 19.4 Å². The van der Waals surface area contributed by atoms with Crippen molar-refractivity contribution in [1.29, 1.82) is 0 Å². The molecule has 0 saturated carbocycles. The highest BCUT2D eigenvalue weighted by Crippen LogP contribution is 2.38. The number of unbranched alkanes of at least 4 members (excludes halogenated alkanes) is 15. The van der Waals surface area contributed by atoms with E-state index in [1.165, 1.54) is 64.2 Å². The van der Waals surface area contributed by atoms with Crippen molar-refractivity contribution in [2.24, 2.45) is 0 Å². The molecule has 302 valence electrons. The molecule has 0 aromatic carbocycles. The topological polar surface area (TPSA) is 108 Å². The minimum absolute atomic E-state index is 0.00457. The summed E-state index contributed by atoms with van der Waals surface area (Å²) in [5.41, 5.74) is 0. The number of carbonyl (C=O) groups excluding carboxylic acids is 1. The molecule has 0 aromatic rings. The molecule has 3 atom stereocenters. The standard InChI is InChI=1S/C43H79N2O6P/c1-6-8-10-12-13-14-15-16-17-18-19-20-21-22-23-24-25-26-27-28-29-30-31-33-35-37-43(47)44-41(42(46)36-34-32-11-9-7-2)40-51-52(48,49)50-39-38-45(3,4)5/h8,10,13-14,16-17,19-20,34,36,41-42,46H,6-7,9,11-12,15,18,21-33,35,37-40H2,1-5H3,(H-,44,47,48,49)/b10-8-,14-13-,17-16-,20-19-,36-34+. The van der Waals surface area contributed by atoms with Gasteiger partial charge >= 0.3 is 0 Å². The van der Waals surface area contributed by atoms with Crippen LogP contribution < -0.4 is 10.2 Å². The van der Waals surface area contributed by atoms with Gasteiger partial charge in [0.15, 0.2) is 0 Å². The van der Waals surface area contributed by atoms with Crippen molar-refractivity contribution in [3.8, 4) is 0 Å². The molecule has 0 heterocycles. The van der Waals surface area contributed by atoms with Crippen LogP contribution in [0.2, 0.25) is 0 Å². The van der Waals surface area contributed by atoms with E-state index >= 15 is 0 Å². The van der Waals surface area contributed by atoms with Crippen molar-refractivity contribution in [3.63, 3.8) is 0 Å². The second-order valence-electron chi connectivity index (χ2n) is 15.0. The number of carbonyl (C=O) groups is 1. The predicted octanol–water partition coefficient (Wildman–Crippen LogP) is 10.4. The Morgan fingerprint density at radius 1 is 0.692 bits per heavy atom. The summed E-state index contributed by atoms with van der Waals surface area (Å²) < 4.78 is 22.9. The highest BCUT2D eigenvalue weighted by molar-refractivity contribution is 7.45. The summed E-state index contributed by atoms with van der Waals surface area (Å²) in [6.07, 6.45) is 44.6. The van der Waals surface area contributed by atoms with E-state index in [-0.39, 0.29) is 19.1 Å². The number of rotatable bonds is 36. The van der Waals surface area contributed by atoms with Crippen LogP contribution in [0.15, 0.2) is 60.8 Å². The van der Waals surface area contributed by atoms with Crippen molar-refractivity contribution in [1.82, 2.24) is 5.32 Å². The van der Waals surface area contributed by atoms with Gasteiger partial charge in [-0.1, -0.05) is 152 Å². The number of phosphoric ester groups is 1. The number of amides is 1. The Kier molecular flexibility index (Phi) is 33.7. The quantitative estimate of drug-likeness (QED) is 0.0286. The lowest BCUT2D eigenvalue weighted by molar-refractivity contribution is -0.870. The first kappa shape index (κ1) is 50.2. The van der Waals surface area contributed by atoms with Gasteiger partial charge in [-0.05, 0) is 57.8 Å². The molecule has 0 fully saturated rings. The third-order valence-corrected chi connectivity index (χ3v) is 9.70. The molecule has 9 heteroatoms. The molecular weight excluding hydrogens is 671 g/mol. The normalized spacial score (nSPS) is 15.1. The van der Waals surface area contributed by atoms with Gasteiger partial charge in [0.2, 0.25) is 5.91 Å². The Morgan fingerprint density at radius 2 is 1.17 bits per heavy atom. The maximum absolute atomic E-state index is 12.7. The van der Waals surface area contributed by atoms with E-state index in [0.29, 0.717) is 17.4 Å². The smallest absolute Gasteiger partial charge is 0.268 e. The molecule has 0 aliphatic carbocycles. The van der Waals surface area contributed by atoms with Gasteiger partial charge in [0, 0.05) is 6.42 Å². The molecule has 0 saturated heterocycles. The van der Waals surface area contributed by atoms with Crippen LogP contribution in [-0.4, -0.2) is 68.5 Å². The molecule has 0 aromatic heterocycles. The molecule has 2 N–H and O–H groups in total. The summed E-state index contributed by atoms with van der Waals surface area (Å²) in [5.74, 6) is -0.211. The fourth-order valence-electron chi connectivity index (χ4n) is 5.43. The predicted molar refractivity (Wildman–Crippen MR) is 219 cm³/mol. The lowest BCUT2D eigenvalue weighted by atomic mass is 10.0. The second kappa shape index (κ2) is 34.9. The highest BCUT2D eigenvalue weighted by atomic mass is 31.2. The van der Waals surface area contributed by atoms with Crippen molar-refractivity contribution >= 4 is 13.7 Å². The van der Waals surface area contributed by atoms with E-state index < -0.39 is 20.0 Å². The van der Waals surface area contributed by atoms with Crippen LogP contribution in [0.25, 0.3) is 0 Å². The molecule has 8 nitrogen and oxygen atoms in total. The van der Waals surface area contributed by atoms with E-state index in [0.717, 1.165) is 70.6 Å². The van der Waals surface area contributed by atoms with Crippen LogP contribution in [0.3, 0.4) is 0 Å². The second-order valence-corrected chi connectivity index (χ2v) is 16.4. The number of quaternary nitrogens is 1. The fourth-order valence-corrected chi connectivity index (χ4v) is 6.16. The van der Waals surface area contributed by atoms with Crippen LogP contribution in [-0.2, 0) is 18.4 Å². The lowest BCUT2D eigenvalue weighted by Crippen LogP contribution is -2.45. The summed E-state index contributed by atoms with van der Waals surface area (Å²) in [6, 6.07) is -0.885. The van der Waals surface area contributed by atoms with Gasteiger partial charge < -0.3 is 28.8 Å². The van der Waals surface area contributed by atoms with Crippen molar-refractivity contribution in [3.05, 3.63) is 60.8 Å². The van der Waals surface area contributed by atoms with Gasteiger partial charge in [-0.15, -0.1) is 0 Å². The average Bonchev–Trinajstić information content (AvgIpc) is 3.09. The monoisotopic (exact) mass is 751 g/mol. The largest absolute Gasteiger partial charge is 0.756 e. The van der Waals surface area contributed by atoms with Crippen molar-refractivity contribution < 1.29 is 32.9 Å². The summed E-state index contributed by atoms with van der Waals surface area (Å²) in [4.78, 5) is 25.0. The number of allylic oxidation sites excluding steroid dienone is 9. The Balaban J connectivity index is 4.06. The van der Waals surface area contributed by atoms with E-state index in [4.69, 9.17) is 9.05 Å². The van der Waals surface area contributed by atoms with Crippen LogP contribution in [0.4, 0.5) is 0 Å². The van der Waals surface area contributed by atoms with Gasteiger partial charge in [0.05, 0.1) is 39.9 Å². The van der Waals surface area contributed by atoms with Crippen LogP contribution >= 0.6 is 7.82 Å².